The Hall–Kier alpha value is -3.05. The van der Waals surface area contributed by atoms with E-state index in [0.29, 0.717) is 27.3 Å². The van der Waals surface area contributed by atoms with E-state index >= 15 is 0 Å². The first kappa shape index (κ1) is 22.6. The number of nitrogens with zero attached hydrogens (tertiary/aromatic N) is 2. The maximum absolute atomic E-state index is 12.7. The van der Waals surface area contributed by atoms with Gasteiger partial charge in [-0.25, -0.2) is 4.79 Å². The number of nitriles is 1. The van der Waals surface area contributed by atoms with Crippen LogP contribution in [0.4, 0.5) is 5.00 Å². The van der Waals surface area contributed by atoms with Crippen LogP contribution in [0.25, 0.3) is 6.08 Å². The number of aromatic nitrogens is 1. The summed E-state index contributed by atoms with van der Waals surface area (Å²) >= 11 is 13.4. The molecule has 1 N–H and O–H groups in total. The fourth-order valence-corrected chi connectivity index (χ4v) is 4.23. The average molecular weight is 474 g/mol. The van der Waals surface area contributed by atoms with Crippen LogP contribution in [0.2, 0.25) is 10.0 Å². The standard InChI is InChI=1S/C22H17Cl2N3O3S/c1-13-8-18(22(29)30-2)21(31-13)26-20(28)15(11-25)9-17-4-3-7-27(17)12-14-5-6-16(23)10-19(14)24/h3-10H,12H2,1-2H3,(H,26,28). The number of hydrogen-bond acceptors (Lipinski definition) is 5. The molecular weight excluding hydrogens is 457 g/mol. The van der Waals surface area contributed by atoms with Crippen molar-refractivity contribution in [3.8, 4) is 6.07 Å². The van der Waals surface area contributed by atoms with Gasteiger partial charge in [0, 0.05) is 33.4 Å². The lowest BCUT2D eigenvalue weighted by Crippen LogP contribution is -2.15. The van der Waals surface area contributed by atoms with Gasteiger partial charge in [-0.3, -0.25) is 4.79 Å². The van der Waals surface area contributed by atoms with Crippen molar-refractivity contribution in [2.45, 2.75) is 13.5 Å². The highest BCUT2D eigenvalue weighted by Gasteiger charge is 2.19. The third kappa shape index (κ3) is 5.36. The van der Waals surface area contributed by atoms with Crippen molar-refractivity contribution in [1.82, 2.24) is 4.57 Å². The number of benzene rings is 1. The van der Waals surface area contributed by atoms with Gasteiger partial charge in [0.2, 0.25) is 0 Å². The third-order valence-electron chi connectivity index (χ3n) is 4.37. The molecule has 1 aromatic carbocycles. The second-order valence-corrected chi connectivity index (χ2v) is 8.61. The number of halogens is 2. The van der Waals surface area contributed by atoms with Crippen molar-refractivity contribution in [1.29, 1.82) is 5.26 Å². The number of esters is 1. The highest BCUT2D eigenvalue weighted by Crippen LogP contribution is 2.29. The van der Waals surface area contributed by atoms with Crippen molar-refractivity contribution in [2.24, 2.45) is 0 Å². The van der Waals surface area contributed by atoms with Crippen LogP contribution in [-0.2, 0) is 16.1 Å². The normalized spacial score (nSPS) is 11.1. The molecule has 6 nitrogen and oxygen atoms in total. The SMILES string of the molecule is COC(=O)c1cc(C)sc1NC(=O)C(C#N)=Cc1cccn1Cc1ccc(Cl)cc1Cl. The fraction of sp³-hybridized carbons (Fsp3) is 0.136. The molecule has 0 bridgehead atoms. The van der Waals surface area contributed by atoms with Gasteiger partial charge in [-0.1, -0.05) is 29.3 Å². The topological polar surface area (TPSA) is 84.1 Å². The van der Waals surface area contributed by atoms with E-state index in [1.54, 1.807) is 30.3 Å². The molecule has 0 spiro atoms. The summed E-state index contributed by atoms with van der Waals surface area (Å²) in [5.41, 5.74) is 1.63. The van der Waals surface area contributed by atoms with Crippen molar-refractivity contribution >= 4 is 57.5 Å². The summed E-state index contributed by atoms with van der Waals surface area (Å²) < 4.78 is 6.60. The molecule has 2 aromatic heterocycles. The molecule has 0 atom stereocenters. The van der Waals surface area contributed by atoms with Gasteiger partial charge in [-0.2, -0.15) is 5.26 Å². The van der Waals surface area contributed by atoms with Crippen LogP contribution >= 0.6 is 34.5 Å². The number of aryl methyl sites for hydroxylation is 1. The van der Waals surface area contributed by atoms with Crippen LogP contribution < -0.4 is 5.32 Å². The number of thiophene rings is 1. The van der Waals surface area contributed by atoms with Gasteiger partial charge in [0.25, 0.3) is 5.91 Å². The summed E-state index contributed by atoms with van der Waals surface area (Å²) in [6, 6.07) is 12.4. The Balaban J connectivity index is 1.85. The van der Waals surface area contributed by atoms with E-state index in [-0.39, 0.29) is 11.1 Å². The maximum atomic E-state index is 12.7. The minimum absolute atomic E-state index is 0.107. The Morgan fingerprint density at radius 1 is 1.29 bits per heavy atom. The van der Waals surface area contributed by atoms with Crippen molar-refractivity contribution in [3.63, 3.8) is 0 Å². The molecule has 0 saturated heterocycles. The third-order valence-corrected chi connectivity index (χ3v) is 5.92. The van der Waals surface area contributed by atoms with Crippen LogP contribution in [0.15, 0.2) is 48.2 Å². The van der Waals surface area contributed by atoms with E-state index in [1.807, 2.05) is 29.8 Å². The molecule has 31 heavy (non-hydrogen) atoms. The second kappa shape index (κ2) is 9.84. The van der Waals surface area contributed by atoms with Gasteiger partial charge in [0.1, 0.15) is 16.6 Å². The molecule has 0 aliphatic heterocycles. The van der Waals surface area contributed by atoms with E-state index < -0.39 is 11.9 Å². The zero-order valence-electron chi connectivity index (χ0n) is 16.6. The molecule has 2 heterocycles. The van der Waals surface area contributed by atoms with Gasteiger partial charge in [-0.05, 0) is 48.9 Å². The Kier molecular flexibility index (Phi) is 7.18. The molecule has 0 unspecified atom stereocenters. The zero-order valence-corrected chi connectivity index (χ0v) is 18.9. The smallest absolute Gasteiger partial charge is 0.340 e. The summed E-state index contributed by atoms with van der Waals surface area (Å²) in [6.45, 7) is 2.24. The number of methoxy groups -OCH3 is 1. The lowest BCUT2D eigenvalue weighted by atomic mass is 10.2. The second-order valence-electron chi connectivity index (χ2n) is 6.51. The van der Waals surface area contributed by atoms with Crippen molar-refractivity contribution < 1.29 is 14.3 Å². The maximum Gasteiger partial charge on any atom is 0.340 e. The summed E-state index contributed by atoms with van der Waals surface area (Å²) in [5.74, 6) is -1.18. The Morgan fingerprint density at radius 2 is 2.06 bits per heavy atom. The summed E-state index contributed by atoms with van der Waals surface area (Å²) in [5, 5.41) is 13.6. The number of amides is 1. The first-order valence-corrected chi connectivity index (χ1v) is 10.6. The van der Waals surface area contributed by atoms with Crippen LogP contribution in [-0.4, -0.2) is 23.6 Å². The van der Waals surface area contributed by atoms with Gasteiger partial charge in [0.05, 0.1) is 12.7 Å². The molecular formula is C22H17Cl2N3O3S. The molecule has 0 radical (unpaired) electrons. The number of carbonyl (C=O) groups is 2. The zero-order chi connectivity index (χ0) is 22.5. The van der Waals surface area contributed by atoms with Crippen LogP contribution in [0.1, 0.15) is 26.5 Å². The number of ether oxygens (including phenoxy) is 1. The van der Waals surface area contributed by atoms with Crippen LogP contribution in [0.3, 0.4) is 0 Å². The van der Waals surface area contributed by atoms with Gasteiger partial charge < -0.3 is 14.6 Å². The van der Waals surface area contributed by atoms with E-state index in [1.165, 1.54) is 24.5 Å². The summed E-state index contributed by atoms with van der Waals surface area (Å²) in [6.07, 6.45) is 3.30. The molecule has 158 valence electrons. The highest BCUT2D eigenvalue weighted by atomic mass is 35.5. The lowest BCUT2D eigenvalue weighted by molar-refractivity contribution is -0.112. The quantitative estimate of drug-likeness (QED) is 0.289. The highest BCUT2D eigenvalue weighted by molar-refractivity contribution is 7.16. The van der Waals surface area contributed by atoms with Crippen LogP contribution in [0, 0.1) is 18.3 Å². The first-order chi connectivity index (χ1) is 14.8. The molecule has 0 aliphatic rings. The average Bonchev–Trinajstić information content (AvgIpc) is 3.33. The number of hydrogen-bond donors (Lipinski definition) is 1. The van der Waals surface area contributed by atoms with Crippen LogP contribution in [0.5, 0.6) is 0 Å². The minimum Gasteiger partial charge on any atom is -0.465 e. The summed E-state index contributed by atoms with van der Waals surface area (Å²) in [4.78, 5) is 25.5. The largest absolute Gasteiger partial charge is 0.465 e. The monoisotopic (exact) mass is 473 g/mol. The molecule has 3 rings (SSSR count). The lowest BCUT2D eigenvalue weighted by Gasteiger charge is -2.10. The molecule has 0 fully saturated rings. The number of nitrogens with one attached hydrogen (secondary N) is 1. The number of rotatable bonds is 6. The number of carbonyl (C=O) groups excluding carboxylic acids is 2. The first-order valence-electron chi connectivity index (χ1n) is 9.03. The molecule has 1 amide bonds. The van der Waals surface area contributed by atoms with Gasteiger partial charge in [-0.15, -0.1) is 11.3 Å². The Morgan fingerprint density at radius 3 is 2.74 bits per heavy atom. The number of anilines is 1. The predicted molar refractivity (Wildman–Crippen MR) is 123 cm³/mol. The van der Waals surface area contributed by atoms with Crippen molar-refractivity contribution in [3.05, 3.63) is 79.9 Å². The molecule has 0 saturated carbocycles. The molecule has 3 aromatic rings. The van der Waals surface area contributed by atoms with E-state index in [4.69, 9.17) is 27.9 Å². The van der Waals surface area contributed by atoms with Gasteiger partial charge in [0.15, 0.2) is 0 Å². The predicted octanol–water partition coefficient (Wildman–Crippen LogP) is 5.55. The molecule has 9 heteroatoms. The van der Waals surface area contributed by atoms with E-state index in [2.05, 4.69) is 5.32 Å². The molecule has 0 aliphatic carbocycles. The van der Waals surface area contributed by atoms with E-state index in [9.17, 15) is 14.9 Å². The summed E-state index contributed by atoms with van der Waals surface area (Å²) in [7, 11) is 1.27. The van der Waals surface area contributed by atoms with Crippen molar-refractivity contribution in [2.75, 3.05) is 12.4 Å². The minimum atomic E-state index is -0.619. The Labute approximate surface area is 193 Å². The van der Waals surface area contributed by atoms with Gasteiger partial charge >= 0.3 is 5.97 Å². The fourth-order valence-electron chi connectivity index (χ4n) is 2.87. The van der Waals surface area contributed by atoms with E-state index in [0.717, 1.165) is 10.4 Å². The Bertz CT molecular complexity index is 1220.